The smallest absolute Gasteiger partial charge is 0.183 e. The molecule has 0 aliphatic heterocycles. The molecule has 16 heavy (non-hydrogen) atoms. The van der Waals surface area contributed by atoms with E-state index in [-0.39, 0.29) is 0 Å². The fourth-order valence-corrected chi connectivity index (χ4v) is 1.35. The van der Waals surface area contributed by atoms with Crippen molar-refractivity contribution < 1.29 is 5.21 Å². The van der Waals surface area contributed by atoms with Gasteiger partial charge < -0.3 is 4.98 Å². The summed E-state index contributed by atoms with van der Waals surface area (Å²) in [7, 11) is 0. The maximum atomic E-state index is 8.95. The Morgan fingerprint density at radius 3 is 3.00 bits per heavy atom. The van der Waals surface area contributed by atoms with Crippen LogP contribution in [0, 0.1) is 0 Å². The molecule has 3 N–H and O–H groups in total. The van der Waals surface area contributed by atoms with Gasteiger partial charge in [0, 0.05) is 6.42 Å². The quantitative estimate of drug-likeness (QED) is 0.540. The molecule has 0 radical (unpaired) electrons. The average molecular weight is 219 g/mol. The fraction of sp³-hybridized carbons (Fsp3) is 0.300. The van der Waals surface area contributed by atoms with Crippen LogP contribution in [-0.2, 0) is 6.42 Å². The third-order valence-electron chi connectivity index (χ3n) is 2.13. The minimum absolute atomic E-state index is 0.347. The molecule has 0 saturated carbocycles. The first kappa shape index (κ1) is 10.6. The van der Waals surface area contributed by atoms with Crippen LogP contribution in [0.4, 0.5) is 5.82 Å². The van der Waals surface area contributed by atoms with Crippen LogP contribution in [0.15, 0.2) is 18.0 Å². The van der Waals surface area contributed by atoms with E-state index < -0.39 is 0 Å². The van der Waals surface area contributed by atoms with Crippen molar-refractivity contribution in [2.75, 3.05) is 5.48 Å². The first-order chi connectivity index (χ1) is 7.70. The summed E-state index contributed by atoms with van der Waals surface area (Å²) in [5.41, 5.74) is 4.38. The number of rotatable bonds is 3. The molecule has 0 bridgehead atoms. The Balaban J connectivity index is 2.43. The minimum Gasteiger partial charge on any atom is -0.340 e. The molecule has 2 aromatic rings. The third-order valence-corrected chi connectivity index (χ3v) is 2.13. The molecule has 0 amide bonds. The van der Waals surface area contributed by atoms with E-state index in [1.807, 2.05) is 25.4 Å². The summed E-state index contributed by atoms with van der Waals surface area (Å²) in [6.45, 7) is 4.02. The highest BCUT2D eigenvalue weighted by atomic mass is 16.5. The van der Waals surface area contributed by atoms with E-state index in [2.05, 4.69) is 19.9 Å². The van der Waals surface area contributed by atoms with E-state index in [1.54, 1.807) is 0 Å². The molecule has 0 aliphatic carbocycles. The summed E-state index contributed by atoms with van der Waals surface area (Å²) < 4.78 is 0. The lowest BCUT2D eigenvalue weighted by molar-refractivity contribution is 0.386. The summed E-state index contributed by atoms with van der Waals surface area (Å²) in [5.74, 6) is 0.969. The largest absolute Gasteiger partial charge is 0.340 e. The molecule has 6 heteroatoms. The number of anilines is 1. The maximum absolute atomic E-state index is 8.95. The first-order valence-corrected chi connectivity index (χ1v) is 4.94. The number of aromatic nitrogens is 4. The summed E-state index contributed by atoms with van der Waals surface area (Å²) in [4.78, 5) is 15.3. The van der Waals surface area contributed by atoms with Crippen molar-refractivity contribution >= 4 is 17.0 Å². The van der Waals surface area contributed by atoms with Crippen molar-refractivity contribution in [2.45, 2.75) is 20.3 Å². The number of nitrogens with one attached hydrogen (secondary N) is 2. The van der Waals surface area contributed by atoms with E-state index in [9.17, 15) is 0 Å². The van der Waals surface area contributed by atoms with Gasteiger partial charge >= 0.3 is 0 Å². The number of hydrogen-bond acceptors (Lipinski definition) is 5. The molecule has 0 aliphatic rings. The highest BCUT2D eigenvalue weighted by Gasteiger charge is 2.08. The molecule has 84 valence electrons. The van der Waals surface area contributed by atoms with Gasteiger partial charge in [-0.1, -0.05) is 11.6 Å². The Morgan fingerprint density at radius 1 is 1.50 bits per heavy atom. The molecular formula is C10H13N5O. The number of fused-ring (bicyclic) bond motifs is 1. The Kier molecular flexibility index (Phi) is 2.82. The monoisotopic (exact) mass is 219 g/mol. The molecule has 2 rings (SSSR count). The van der Waals surface area contributed by atoms with Crippen molar-refractivity contribution in [1.29, 1.82) is 0 Å². The zero-order valence-electron chi connectivity index (χ0n) is 9.15. The predicted molar refractivity (Wildman–Crippen MR) is 60.2 cm³/mol. The van der Waals surface area contributed by atoms with Crippen LogP contribution in [0.25, 0.3) is 11.2 Å². The van der Waals surface area contributed by atoms with E-state index >= 15 is 0 Å². The number of imidazole rings is 1. The highest BCUT2D eigenvalue weighted by molar-refractivity contribution is 5.81. The van der Waals surface area contributed by atoms with Crippen LogP contribution >= 0.6 is 0 Å². The average Bonchev–Trinajstić information content (AvgIpc) is 2.73. The van der Waals surface area contributed by atoms with Crippen LogP contribution in [0.2, 0.25) is 0 Å². The lowest BCUT2D eigenvalue weighted by Gasteiger charge is -2.02. The second kappa shape index (κ2) is 4.28. The van der Waals surface area contributed by atoms with Crippen molar-refractivity contribution in [3.8, 4) is 0 Å². The summed E-state index contributed by atoms with van der Waals surface area (Å²) in [6.07, 6.45) is 4.17. The van der Waals surface area contributed by atoms with Gasteiger partial charge in [-0.05, 0) is 13.8 Å². The molecule has 0 spiro atoms. The molecule has 0 unspecified atom stereocenters. The van der Waals surface area contributed by atoms with Crippen LogP contribution in [0.1, 0.15) is 19.7 Å². The molecule has 6 nitrogen and oxygen atoms in total. The topological polar surface area (TPSA) is 86.7 Å². The van der Waals surface area contributed by atoms with Crippen molar-refractivity contribution in [3.63, 3.8) is 0 Å². The van der Waals surface area contributed by atoms with Crippen LogP contribution in [-0.4, -0.2) is 25.1 Å². The minimum atomic E-state index is 0.347. The van der Waals surface area contributed by atoms with E-state index in [0.717, 1.165) is 0 Å². The van der Waals surface area contributed by atoms with Gasteiger partial charge in [-0.25, -0.2) is 15.0 Å². The van der Waals surface area contributed by atoms with E-state index in [4.69, 9.17) is 5.21 Å². The second-order valence-electron chi connectivity index (χ2n) is 3.69. The van der Waals surface area contributed by atoms with Gasteiger partial charge in [0.1, 0.15) is 11.3 Å². The van der Waals surface area contributed by atoms with Crippen LogP contribution in [0.3, 0.4) is 0 Å². The highest BCUT2D eigenvalue weighted by Crippen LogP contribution is 2.15. The Bertz CT molecular complexity index is 527. The number of aromatic amines is 1. The molecule has 0 aromatic carbocycles. The molecule has 2 heterocycles. The Morgan fingerprint density at radius 2 is 2.31 bits per heavy atom. The van der Waals surface area contributed by atoms with Crippen molar-refractivity contribution in [3.05, 3.63) is 23.8 Å². The van der Waals surface area contributed by atoms with Crippen LogP contribution in [0.5, 0.6) is 0 Å². The third kappa shape index (κ3) is 2.01. The van der Waals surface area contributed by atoms with Gasteiger partial charge in [0.15, 0.2) is 11.5 Å². The van der Waals surface area contributed by atoms with Gasteiger partial charge in [0.25, 0.3) is 0 Å². The molecule has 0 fully saturated rings. The van der Waals surface area contributed by atoms with Gasteiger partial charge in [0.05, 0.1) is 6.33 Å². The zero-order valence-corrected chi connectivity index (χ0v) is 9.15. The zero-order chi connectivity index (χ0) is 11.5. The first-order valence-electron chi connectivity index (χ1n) is 4.94. The van der Waals surface area contributed by atoms with Crippen molar-refractivity contribution in [1.82, 2.24) is 19.9 Å². The Labute approximate surface area is 92.4 Å². The molecule has 0 saturated heterocycles. The SMILES string of the molecule is CC(C)=CCc1nc(NO)c2[nH]cnc2n1. The van der Waals surface area contributed by atoms with Gasteiger partial charge in [-0.2, -0.15) is 0 Å². The van der Waals surface area contributed by atoms with E-state index in [1.165, 1.54) is 11.9 Å². The predicted octanol–water partition coefficient (Wildman–Crippen LogP) is 1.66. The van der Waals surface area contributed by atoms with Gasteiger partial charge in [-0.15, -0.1) is 0 Å². The lowest BCUT2D eigenvalue weighted by atomic mass is 10.2. The summed E-state index contributed by atoms with van der Waals surface area (Å²) in [6, 6.07) is 0. The molecular weight excluding hydrogens is 206 g/mol. The lowest BCUT2D eigenvalue weighted by Crippen LogP contribution is -2.01. The molecule has 0 atom stereocenters. The second-order valence-corrected chi connectivity index (χ2v) is 3.69. The molecule has 2 aromatic heterocycles. The van der Waals surface area contributed by atoms with E-state index in [0.29, 0.717) is 29.2 Å². The van der Waals surface area contributed by atoms with Crippen LogP contribution < -0.4 is 5.48 Å². The maximum Gasteiger partial charge on any atom is 0.183 e. The number of hydrogen-bond donors (Lipinski definition) is 3. The number of H-pyrrole nitrogens is 1. The number of nitrogens with zero attached hydrogens (tertiary/aromatic N) is 3. The fourth-order valence-electron chi connectivity index (χ4n) is 1.35. The van der Waals surface area contributed by atoms with Gasteiger partial charge in [0.2, 0.25) is 0 Å². The normalized spacial score (nSPS) is 10.4. The number of allylic oxidation sites excluding steroid dienone is 2. The van der Waals surface area contributed by atoms with Crippen molar-refractivity contribution in [2.24, 2.45) is 0 Å². The summed E-state index contributed by atoms with van der Waals surface area (Å²) in [5, 5.41) is 8.95. The Hall–Kier alpha value is -1.95. The van der Waals surface area contributed by atoms with Gasteiger partial charge in [-0.3, -0.25) is 10.7 Å². The summed E-state index contributed by atoms with van der Waals surface area (Å²) >= 11 is 0. The standard InChI is InChI=1S/C10H13N5O/c1-6(2)3-4-7-13-9-8(11-5-12-9)10(14-7)15-16/h3,5,16H,4H2,1-2H3,(H2,11,12,13,14,15).